The van der Waals surface area contributed by atoms with Gasteiger partial charge in [0.2, 0.25) is 5.91 Å². The minimum Gasteiger partial charge on any atom is -0.507 e. The third kappa shape index (κ3) is 5.80. The number of allylic oxidation sites excluding steroid dienone is 1. The van der Waals surface area contributed by atoms with Crippen LogP contribution in [-0.4, -0.2) is 47.2 Å². The first-order valence-corrected chi connectivity index (χ1v) is 9.95. The standard InChI is InChI=1S/C24H28N2O4/c1-5-26(6-2)22(28)15-25-24(30)20-10-8-19(9-11-20)21(27)12-7-18-13-16(3)23(29)17(4)14-18/h7-14,29H,5-6,15H2,1-4H3,(H,25,30). The zero-order chi connectivity index (χ0) is 22.3. The molecule has 0 atom stereocenters. The van der Waals surface area contributed by atoms with Gasteiger partial charge in [-0.2, -0.15) is 0 Å². The van der Waals surface area contributed by atoms with Gasteiger partial charge < -0.3 is 15.3 Å². The molecule has 0 aliphatic carbocycles. The molecule has 2 rings (SSSR count). The van der Waals surface area contributed by atoms with Crippen molar-refractivity contribution < 1.29 is 19.5 Å². The average Bonchev–Trinajstić information content (AvgIpc) is 2.74. The van der Waals surface area contributed by atoms with E-state index in [1.54, 1.807) is 61.2 Å². The lowest BCUT2D eigenvalue weighted by Gasteiger charge is -2.18. The molecule has 30 heavy (non-hydrogen) atoms. The van der Waals surface area contributed by atoms with Crippen LogP contribution in [0.15, 0.2) is 42.5 Å². The molecule has 0 spiro atoms. The number of carbonyl (C=O) groups excluding carboxylic acids is 3. The number of aryl methyl sites for hydroxylation is 2. The number of hydrogen-bond donors (Lipinski definition) is 2. The summed E-state index contributed by atoms with van der Waals surface area (Å²) >= 11 is 0. The first kappa shape index (κ1) is 22.9. The zero-order valence-electron chi connectivity index (χ0n) is 17.9. The van der Waals surface area contributed by atoms with E-state index in [1.807, 2.05) is 13.8 Å². The number of likely N-dealkylation sites (N-methyl/N-ethyl adjacent to an activating group) is 1. The largest absolute Gasteiger partial charge is 0.507 e. The molecule has 2 aromatic carbocycles. The number of nitrogens with one attached hydrogen (secondary N) is 1. The maximum absolute atomic E-state index is 12.4. The molecule has 0 saturated heterocycles. The Kier molecular flexibility index (Phi) is 7.92. The first-order valence-electron chi connectivity index (χ1n) is 9.95. The summed E-state index contributed by atoms with van der Waals surface area (Å²) in [6.45, 7) is 8.52. The fourth-order valence-electron chi connectivity index (χ4n) is 3.09. The van der Waals surface area contributed by atoms with Crippen LogP contribution in [-0.2, 0) is 4.79 Å². The summed E-state index contributed by atoms with van der Waals surface area (Å²) in [5, 5.41) is 12.4. The van der Waals surface area contributed by atoms with Gasteiger partial charge in [-0.15, -0.1) is 0 Å². The van der Waals surface area contributed by atoms with Gasteiger partial charge in [0, 0.05) is 24.2 Å². The normalized spacial score (nSPS) is 10.8. The summed E-state index contributed by atoms with van der Waals surface area (Å²) in [5.74, 6) is -0.432. The number of phenols is 1. The van der Waals surface area contributed by atoms with Crippen LogP contribution in [0, 0.1) is 13.8 Å². The number of rotatable bonds is 8. The molecule has 0 bridgehead atoms. The topological polar surface area (TPSA) is 86.7 Å². The molecule has 0 unspecified atom stereocenters. The van der Waals surface area contributed by atoms with Gasteiger partial charge in [-0.1, -0.05) is 18.2 Å². The number of phenolic OH excluding ortho intramolecular Hbond substituents is 1. The van der Waals surface area contributed by atoms with Gasteiger partial charge in [-0.3, -0.25) is 14.4 Å². The van der Waals surface area contributed by atoms with Crippen LogP contribution in [0.3, 0.4) is 0 Å². The Bertz CT molecular complexity index is 935. The van der Waals surface area contributed by atoms with Crippen molar-refractivity contribution in [3.63, 3.8) is 0 Å². The van der Waals surface area contributed by atoms with Gasteiger partial charge in [0.15, 0.2) is 5.78 Å². The zero-order valence-corrected chi connectivity index (χ0v) is 17.9. The molecule has 0 aromatic heterocycles. The van der Waals surface area contributed by atoms with Gasteiger partial charge in [-0.25, -0.2) is 0 Å². The number of carbonyl (C=O) groups is 3. The Morgan fingerprint density at radius 3 is 2.03 bits per heavy atom. The van der Waals surface area contributed by atoms with Crippen LogP contribution in [0.2, 0.25) is 0 Å². The molecule has 0 fully saturated rings. The van der Waals surface area contributed by atoms with Gasteiger partial charge in [0.25, 0.3) is 5.91 Å². The van der Waals surface area contributed by atoms with E-state index in [0.29, 0.717) is 24.2 Å². The number of hydrogen-bond acceptors (Lipinski definition) is 4. The summed E-state index contributed by atoms with van der Waals surface area (Å²) in [6, 6.07) is 9.90. The van der Waals surface area contributed by atoms with Crippen molar-refractivity contribution in [3.8, 4) is 5.75 Å². The highest BCUT2D eigenvalue weighted by molar-refractivity contribution is 6.07. The molecule has 6 heteroatoms. The average molecular weight is 408 g/mol. The van der Waals surface area contributed by atoms with Gasteiger partial charge in [-0.05, 0) is 74.7 Å². The van der Waals surface area contributed by atoms with E-state index in [2.05, 4.69) is 5.32 Å². The summed E-state index contributed by atoms with van der Waals surface area (Å²) < 4.78 is 0. The number of nitrogens with zero attached hydrogens (tertiary/aromatic N) is 1. The molecule has 0 aliphatic heterocycles. The molecule has 2 N–H and O–H groups in total. The molecule has 2 amide bonds. The Balaban J connectivity index is 2.00. The summed E-state index contributed by atoms with van der Waals surface area (Å²) in [5.41, 5.74) is 3.15. The smallest absolute Gasteiger partial charge is 0.251 e. The second kappa shape index (κ2) is 10.4. The molecule has 0 heterocycles. The van der Waals surface area contributed by atoms with Gasteiger partial charge in [0.1, 0.15) is 5.75 Å². The van der Waals surface area contributed by atoms with Crippen LogP contribution >= 0.6 is 0 Å². The molecule has 0 aliphatic rings. The van der Waals surface area contributed by atoms with E-state index < -0.39 is 0 Å². The first-order chi connectivity index (χ1) is 14.3. The predicted molar refractivity (Wildman–Crippen MR) is 118 cm³/mol. The summed E-state index contributed by atoms with van der Waals surface area (Å²) in [4.78, 5) is 38.3. The highest BCUT2D eigenvalue weighted by atomic mass is 16.3. The lowest BCUT2D eigenvalue weighted by molar-refractivity contribution is -0.129. The Hall–Kier alpha value is -3.41. The maximum Gasteiger partial charge on any atom is 0.251 e. The van der Waals surface area contributed by atoms with E-state index in [0.717, 1.165) is 16.7 Å². The third-order valence-electron chi connectivity index (χ3n) is 4.89. The highest BCUT2D eigenvalue weighted by Gasteiger charge is 2.12. The van der Waals surface area contributed by atoms with Crippen molar-refractivity contribution in [3.05, 3.63) is 70.3 Å². The molecular weight excluding hydrogens is 380 g/mol. The van der Waals surface area contributed by atoms with Crippen LogP contribution in [0.1, 0.15) is 51.3 Å². The van der Waals surface area contributed by atoms with Crippen LogP contribution in [0.4, 0.5) is 0 Å². The summed E-state index contributed by atoms with van der Waals surface area (Å²) in [6.07, 6.45) is 3.16. The number of aromatic hydroxyl groups is 1. The van der Waals surface area contributed by atoms with Crippen LogP contribution in [0.5, 0.6) is 5.75 Å². The molecule has 2 aromatic rings. The second-order valence-corrected chi connectivity index (χ2v) is 7.03. The molecule has 158 valence electrons. The van der Waals surface area contributed by atoms with E-state index >= 15 is 0 Å². The van der Waals surface area contributed by atoms with E-state index in [-0.39, 0.29) is 29.9 Å². The van der Waals surface area contributed by atoms with Crippen LogP contribution in [0.25, 0.3) is 6.08 Å². The van der Waals surface area contributed by atoms with Crippen molar-refractivity contribution in [2.75, 3.05) is 19.6 Å². The fraction of sp³-hybridized carbons (Fsp3) is 0.292. The predicted octanol–water partition coefficient (Wildman–Crippen LogP) is 3.50. The van der Waals surface area contributed by atoms with E-state index in [1.165, 1.54) is 6.08 Å². The van der Waals surface area contributed by atoms with Crippen molar-refractivity contribution in [2.45, 2.75) is 27.7 Å². The van der Waals surface area contributed by atoms with Crippen molar-refractivity contribution in [1.82, 2.24) is 10.2 Å². The maximum atomic E-state index is 12.4. The van der Waals surface area contributed by atoms with E-state index in [4.69, 9.17) is 0 Å². The monoisotopic (exact) mass is 408 g/mol. The van der Waals surface area contributed by atoms with Gasteiger partial charge >= 0.3 is 0 Å². The Labute approximate surface area is 177 Å². The fourth-order valence-corrected chi connectivity index (χ4v) is 3.09. The number of amides is 2. The quantitative estimate of drug-likeness (QED) is 0.517. The molecule has 0 radical (unpaired) electrons. The lowest BCUT2D eigenvalue weighted by Crippen LogP contribution is -2.40. The van der Waals surface area contributed by atoms with Crippen molar-refractivity contribution >= 4 is 23.7 Å². The minimum atomic E-state index is -0.361. The van der Waals surface area contributed by atoms with Crippen molar-refractivity contribution in [2.24, 2.45) is 0 Å². The number of ketones is 1. The summed E-state index contributed by atoms with van der Waals surface area (Å²) in [7, 11) is 0. The van der Waals surface area contributed by atoms with Gasteiger partial charge in [0.05, 0.1) is 6.54 Å². The Morgan fingerprint density at radius 2 is 1.50 bits per heavy atom. The molecular formula is C24H28N2O4. The highest BCUT2D eigenvalue weighted by Crippen LogP contribution is 2.23. The molecule has 6 nitrogen and oxygen atoms in total. The number of benzene rings is 2. The molecule has 0 saturated carbocycles. The third-order valence-corrected chi connectivity index (χ3v) is 4.89. The SMILES string of the molecule is CCN(CC)C(=O)CNC(=O)c1ccc(C(=O)C=Cc2cc(C)c(O)c(C)c2)cc1. The van der Waals surface area contributed by atoms with E-state index in [9.17, 15) is 19.5 Å². The minimum absolute atomic E-state index is 0.0601. The Morgan fingerprint density at radius 1 is 0.967 bits per heavy atom. The van der Waals surface area contributed by atoms with Crippen molar-refractivity contribution in [1.29, 1.82) is 0 Å². The second-order valence-electron chi connectivity index (χ2n) is 7.03. The van der Waals surface area contributed by atoms with Crippen LogP contribution < -0.4 is 5.32 Å². The lowest BCUT2D eigenvalue weighted by atomic mass is 10.0.